The molecule has 8 heteroatoms. The van der Waals surface area contributed by atoms with Crippen molar-refractivity contribution in [3.8, 4) is 0 Å². The number of amidine groups is 1. The lowest BCUT2D eigenvalue weighted by molar-refractivity contribution is -0.148. The molecule has 0 bridgehead atoms. The molecular formula is C16H28FN3O4. The van der Waals surface area contributed by atoms with Gasteiger partial charge in [0.1, 0.15) is 17.0 Å². The molecule has 0 fully saturated rings. The Morgan fingerprint density at radius 1 is 1.29 bits per heavy atom. The number of alkyl carbamates (subject to hydrolysis) is 1. The van der Waals surface area contributed by atoms with Crippen molar-refractivity contribution in [3.05, 3.63) is 11.9 Å². The van der Waals surface area contributed by atoms with E-state index in [-0.39, 0.29) is 25.2 Å². The Labute approximate surface area is 142 Å². The highest BCUT2D eigenvalue weighted by atomic mass is 19.1. The molecule has 0 spiro atoms. The maximum Gasteiger partial charge on any atom is 0.408 e. The molecule has 0 aromatic rings. The van der Waals surface area contributed by atoms with Crippen LogP contribution in [0.1, 0.15) is 47.5 Å². The molecule has 0 aromatic carbocycles. The Morgan fingerprint density at radius 2 is 1.88 bits per heavy atom. The van der Waals surface area contributed by atoms with Crippen molar-refractivity contribution in [2.75, 3.05) is 13.7 Å². The van der Waals surface area contributed by atoms with Crippen LogP contribution in [0.2, 0.25) is 0 Å². The molecule has 0 aromatic heterocycles. The molecule has 0 unspecified atom stereocenters. The summed E-state index contributed by atoms with van der Waals surface area (Å²) in [7, 11) is 1.21. The van der Waals surface area contributed by atoms with Crippen LogP contribution in [-0.2, 0) is 14.3 Å². The van der Waals surface area contributed by atoms with Crippen LogP contribution in [0.3, 0.4) is 0 Å². The number of hydrogen-bond acceptors (Lipinski definition) is 5. The Balaban J connectivity index is 4.88. The number of allylic oxidation sites excluding steroid dienone is 1. The summed E-state index contributed by atoms with van der Waals surface area (Å²) in [4.78, 5) is 27.6. The van der Waals surface area contributed by atoms with Crippen LogP contribution in [0, 0.1) is 0 Å². The Hall–Kier alpha value is -2.12. The molecule has 1 atom stereocenters. The van der Waals surface area contributed by atoms with Gasteiger partial charge in [0.15, 0.2) is 0 Å². The van der Waals surface area contributed by atoms with E-state index in [1.54, 1.807) is 27.7 Å². The van der Waals surface area contributed by atoms with Crippen LogP contribution < -0.4 is 11.1 Å². The van der Waals surface area contributed by atoms with Gasteiger partial charge in [-0.15, -0.1) is 0 Å². The van der Waals surface area contributed by atoms with Gasteiger partial charge in [-0.3, -0.25) is 4.99 Å². The molecular weight excluding hydrogens is 317 g/mol. The van der Waals surface area contributed by atoms with E-state index in [9.17, 15) is 14.0 Å². The standard InChI is InChI=1S/C16H28FN3O4/c1-11(18)19-10-12(17)8-7-9-16(5,13(21)23-6)20-14(22)24-15(2,3)4/h8H,7,9-10H2,1-6H3,(H2,18,19)(H,20,22)/b12-8-/t16-/m1/s1. The fraction of sp³-hybridized carbons (Fsp3) is 0.688. The molecule has 0 saturated heterocycles. The summed E-state index contributed by atoms with van der Waals surface area (Å²) >= 11 is 0. The number of methoxy groups -OCH3 is 1. The normalized spacial score (nSPS) is 15.5. The molecule has 0 aliphatic heterocycles. The van der Waals surface area contributed by atoms with Crippen molar-refractivity contribution < 1.29 is 23.5 Å². The number of rotatable bonds is 7. The van der Waals surface area contributed by atoms with Gasteiger partial charge in [0, 0.05) is 0 Å². The lowest BCUT2D eigenvalue weighted by Crippen LogP contribution is -2.53. The number of aliphatic imine (C=N–C) groups is 1. The van der Waals surface area contributed by atoms with Crippen molar-refractivity contribution in [3.63, 3.8) is 0 Å². The molecule has 24 heavy (non-hydrogen) atoms. The zero-order valence-electron chi connectivity index (χ0n) is 15.2. The van der Waals surface area contributed by atoms with E-state index in [0.29, 0.717) is 0 Å². The minimum absolute atomic E-state index is 0.137. The molecule has 0 aliphatic carbocycles. The minimum atomic E-state index is -1.33. The second-order valence-electron chi connectivity index (χ2n) is 6.60. The molecule has 7 nitrogen and oxygen atoms in total. The van der Waals surface area contributed by atoms with Gasteiger partial charge in [0.05, 0.1) is 19.5 Å². The van der Waals surface area contributed by atoms with Gasteiger partial charge >= 0.3 is 12.1 Å². The number of nitrogens with two attached hydrogens (primary N) is 1. The third-order valence-corrected chi connectivity index (χ3v) is 2.90. The summed E-state index contributed by atoms with van der Waals surface area (Å²) in [5, 5.41) is 2.49. The molecule has 0 aliphatic rings. The smallest absolute Gasteiger partial charge is 0.408 e. The van der Waals surface area contributed by atoms with E-state index >= 15 is 0 Å². The second-order valence-corrected chi connectivity index (χ2v) is 6.60. The number of carbonyl (C=O) groups excluding carboxylic acids is 2. The Kier molecular flexibility index (Phi) is 8.43. The molecule has 0 heterocycles. The van der Waals surface area contributed by atoms with Crippen molar-refractivity contribution in [1.29, 1.82) is 0 Å². The van der Waals surface area contributed by atoms with Gasteiger partial charge in [-0.25, -0.2) is 14.0 Å². The highest BCUT2D eigenvalue weighted by molar-refractivity contribution is 5.85. The van der Waals surface area contributed by atoms with Crippen molar-refractivity contribution in [2.45, 2.75) is 58.6 Å². The van der Waals surface area contributed by atoms with E-state index < -0.39 is 29.0 Å². The Bertz CT molecular complexity index is 508. The van der Waals surface area contributed by atoms with Crippen LogP contribution in [0.5, 0.6) is 0 Å². The summed E-state index contributed by atoms with van der Waals surface area (Å²) in [6.07, 6.45) is 0.886. The van der Waals surface area contributed by atoms with E-state index in [1.807, 2.05) is 0 Å². The minimum Gasteiger partial charge on any atom is -0.467 e. The largest absolute Gasteiger partial charge is 0.467 e. The fourth-order valence-electron chi connectivity index (χ4n) is 1.75. The number of nitrogens with zero attached hydrogens (tertiary/aromatic N) is 1. The third-order valence-electron chi connectivity index (χ3n) is 2.90. The van der Waals surface area contributed by atoms with Gasteiger partial charge in [-0.1, -0.05) is 6.08 Å². The topological polar surface area (TPSA) is 103 Å². The van der Waals surface area contributed by atoms with Gasteiger partial charge in [-0.2, -0.15) is 0 Å². The van der Waals surface area contributed by atoms with Crippen molar-refractivity contribution in [2.24, 2.45) is 10.7 Å². The van der Waals surface area contributed by atoms with Gasteiger partial charge in [-0.05, 0) is 47.5 Å². The molecule has 138 valence electrons. The summed E-state index contributed by atoms with van der Waals surface area (Å²) in [6, 6.07) is 0. The maximum absolute atomic E-state index is 13.6. The summed E-state index contributed by atoms with van der Waals surface area (Å²) in [5.41, 5.74) is 3.30. The predicted octanol–water partition coefficient (Wildman–Crippen LogP) is 2.45. The summed E-state index contributed by atoms with van der Waals surface area (Å²) in [5.74, 6) is -0.827. The zero-order chi connectivity index (χ0) is 19.0. The molecule has 0 saturated carbocycles. The van der Waals surface area contributed by atoms with Crippen LogP contribution in [0.4, 0.5) is 9.18 Å². The highest BCUT2D eigenvalue weighted by Crippen LogP contribution is 2.18. The number of amides is 1. The maximum atomic E-state index is 13.6. The number of carbonyl (C=O) groups is 2. The SMILES string of the molecule is COC(=O)[C@@](C)(CC/C=C(\F)CN=C(C)N)NC(=O)OC(C)(C)C. The highest BCUT2D eigenvalue weighted by Gasteiger charge is 2.36. The molecule has 3 N–H and O–H groups in total. The third kappa shape index (κ3) is 9.12. The van der Waals surface area contributed by atoms with Crippen molar-refractivity contribution >= 4 is 17.9 Å². The average molecular weight is 345 g/mol. The van der Waals surface area contributed by atoms with Crippen LogP contribution in [0.15, 0.2) is 16.9 Å². The fourth-order valence-corrected chi connectivity index (χ4v) is 1.75. The number of ether oxygens (including phenoxy) is 2. The second kappa shape index (κ2) is 9.24. The van der Waals surface area contributed by atoms with Crippen LogP contribution in [-0.4, -0.2) is 42.7 Å². The summed E-state index contributed by atoms with van der Waals surface area (Å²) in [6.45, 7) is 8.03. The average Bonchev–Trinajstić information content (AvgIpc) is 2.41. The number of halogens is 1. The van der Waals surface area contributed by atoms with E-state index in [0.717, 1.165) is 0 Å². The first-order chi connectivity index (χ1) is 10.9. The molecule has 0 radical (unpaired) electrons. The van der Waals surface area contributed by atoms with Crippen molar-refractivity contribution in [1.82, 2.24) is 5.32 Å². The zero-order valence-corrected chi connectivity index (χ0v) is 15.2. The first kappa shape index (κ1) is 21.9. The predicted molar refractivity (Wildman–Crippen MR) is 90.4 cm³/mol. The van der Waals surface area contributed by atoms with Crippen LogP contribution in [0.25, 0.3) is 0 Å². The first-order valence-corrected chi connectivity index (χ1v) is 7.60. The molecule has 0 rings (SSSR count). The van der Waals surface area contributed by atoms with Gasteiger partial charge in [0.2, 0.25) is 0 Å². The number of hydrogen-bond donors (Lipinski definition) is 2. The first-order valence-electron chi connectivity index (χ1n) is 7.60. The van der Waals surface area contributed by atoms with Gasteiger partial charge in [0.25, 0.3) is 0 Å². The molecule has 1 amide bonds. The Morgan fingerprint density at radius 3 is 2.33 bits per heavy atom. The quantitative estimate of drug-likeness (QED) is 0.419. The van der Waals surface area contributed by atoms with E-state index in [2.05, 4.69) is 10.3 Å². The number of nitrogens with one attached hydrogen (secondary N) is 1. The lowest BCUT2D eigenvalue weighted by atomic mass is 9.96. The van der Waals surface area contributed by atoms with E-state index in [1.165, 1.54) is 20.1 Å². The summed E-state index contributed by atoms with van der Waals surface area (Å²) < 4.78 is 23.4. The monoisotopic (exact) mass is 345 g/mol. The van der Waals surface area contributed by atoms with Gasteiger partial charge < -0.3 is 20.5 Å². The van der Waals surface area contributed by atoms with Crippen LogP contribution >= 0.6 is 0 Å². The lowest BCUT2D eigenvalue weighted by Gasteiger charge is -2.29. The van der Waals surface area contributed by atoms with E-state index in [4.69, 9.17) is 15.2 Å². The number of esters is 1.